The summed E-state index contributed by atoms with van der Waals surface area (Å²) < 4.78 is 37.5. The van der Waals surface area contributed by atoms with E-state index in [0.717, 1.165) is 29.4 Å². The largest absolute Gasteiger partial charge is 0.416 e. The Kier molecular flexibility index (Phi) is 5.00. The summed E-state index contributed by atoms with van der Waals surface area (Å²) >= 11 is 1.44. The summed E-state index contributed by atoms with van der Waals surface area (Å²) in [6, 6.07) is 5.11. The number of benzene rings is 1. The molecule has 2 aromatic rings. The van der Waals surface area contributed by atoms with E-state index in [1.54, 1.807) is 0 Å². The van der Waals surface area contributed by atoms with Crippen molar-refractivity contribution >= 4 is 11.3 Å². The Balaban J connectivity index is 2.04. The van der Waals surface area contributed by atoms with Gasteiger partial charge in [0.15, 0.2) is 0 Å². The zero-order chi connectivity index (χ0) is 15.5. The molecule has 1 N–H and O–H groups in total. The highest BCUT2D eigenvalue weighted by Crippen LogP contribution is 2.31. The van der Waals surface area contributed by atoms with Crippen LogP contribution in [0.5, 0.6) is 0 Å². The molecule has 1 aromatic carbocycles. The molecule has 114 valence electrons. The SMILES string of the molecule is CC(C)CNCc1csc(-c2ccc(C(F)(F)F)cc2)n1. The van der Waals surface area contributed by atoms with Crippen molar-refractivity contribution in [3.05, 3.63) is 40.9 Å². The Hall–Kier alpha value is -1.40. The van der Waals surface area contributed by atoms with E-state index in [1.165, 1.54) is 23.5 Å². The lowest BCUT2D eigenvalue weighted by molar-refractivity contribution is -0.137. The lowest BCUT2D eigenvalue weighted by Gasteiger charge is -2.06. The molecule has 2 rings (SSSR count). The van der Waals surface area contributed by atoms with Crippen LogP contribution >= 0.6 is 11.3 Å². The molecular formula is C15H17F3N2S. The lowest BCUT2D eigenvalue weighted by atomic mass is 10.1. The maximum atomic E-state index is 12.5. The van der Waals surface area contributed by atoms with Crippen LogP contribution in [-0.4, -0.2) is 11.5 Å². The van der Waals surface area contributed by atoms with Crippen LogP contribution in [0, 0.1) is 5.92 Å². The van der Waals surface area contributed by atoms with Crippen molar-refractivity contribution in [3.63, 3.8) is 0 Å². The Morgan fingerprint density at radius 3 is 2.43 bits per heavy atom. The number of halogens is 3. The van der Waals surface area contributed by atoms with Crippen molar-refractivity contribution in [2.45, 2.75) is 26.6 Å². The van der Waals surface area contributed by atoms with Crippen molar-refractivity contribution in [2.75, 3.05) is 6.54 Å². The van der Waals surface area contributed by atoms with E-state index in [9.17, 15) is 13.2 Å². The molecule has 0 amide bonds. The van der Waals surface area contributed by atoms with Gasteiger partial charge in [-0.1, -0.05) is 26.0 Å². The van der Waals surface area contributed by atoms with Crippen LogP contribution in [0.3, 0.4) is 0 Å². The maximum absolute atomic E-state index is 12.5. The van der Waals surface area contributed by atoms with Gasteiger partial charge in [0, 0.05) is 17.5 Å². The van der Waals surface area contributed by atoms with Gasteiger partial charge in [0.2, 0.25) is 0 Å². The summed E-state index contributed by atoms with van der Waals surface area (Å²) in [5.41, 5.74) is 0.986. The summed E-state index contributed by atoms with van der Waals surface area (Å²) in [7, 11) is 0. The van der Waals surface area contributed by atoms with Crippen LogP contribution in [0.15, 0.2) is 29.6 Å². The minimum Gasteiger partial charge on any atom is -0.311 e. The van der Waals surface area contributed by atoms with Crippen LogP contribution in [0.2, 0.25) is 0 Å². The smallest absolute Gasteiger partial charge is 0.311 e. The number of alkyl halides is 3. The fraction of sp³-hybridized carbons (Fsp3) is 0.400. The third-order valence-electron chi connectivity index (χ3n) is 2.87. The number of thiazole rings is 1. The van der Waals surface area contributed by atoms with Gasteiger partial charge < -0.3 is 5.32 Å². The molecule has 0 aliphatic carbocycles. The molecule has 0 aliphatic rings. The van der Waals surface area contributed by atoms with E-state index >= 15 is 0 Å². The van der Waals surface area contributed by atoms with Gasteiger partial charge in [0.25, 0.3) is 0 Å². The second-order valence-electron chi connectivity index (χ2n) is 5.24. The van der Waals surface area contributed by atoms with E-state index in [4.69, 9.17) is 0 Å². The molecule has 0 aliphatic heterocycles. The van der Waals surface area contributed by atoms with Gasteiger partial charge in [0.1, 0.15) is 5.01 Å². The van der Waals surface area contributed by atoms with Gasteiger partial charge in [-0.05, 0) is 24.6 Å². The molecule has 21 heavy (non-hydrogen) atoms. The predicted molar refractivity (Wildman–Crippen MR) is 79.1 cm³/mol. The highest BCUT2D eigenvalue weighted by molar-refractivity contribution is 7.13. The van der Waals surface area contributed by atoms with Gasteiger partial charge >= 0.3 is 6.18 Å². The summed E-state index contributed by atoms with van der Waals surface area (Å²) in [5.74, 6) is 0.568. The Labute approximate surface area is 126 Å². The van der Waals surface area contributed by atoms with Gasteiger partial charge in [-0.3, -0.25) is 0 Å². The van der Waals surface area contributed by atoms with Crippen molar-refractivity contribution in [1.82, 2.24) is 10.3 Å². The normalized spacial score (nSPS) is 12.1. The van der Waals surface area contributed by atoms with Crippen molar-refractivity contribution in [1.29, 1.82) is 0 Å². The molecule has 0 unspecified atom stereocenters. The van der Waals surface area contributed by atoms with Crippen LogP contribution in [0.25, 0.3) is 10.6 Å². The second kappa shape index (κ2) is 6.58. The van der Waals surface area contributed by atoms with E-state index < -0.39 is 11.7 Å². The Morgan fingerprint density at radius 1 is 1.19 bits per heavy atom. The van der Waals surface area contributed by atoms with Crippen LogP contribution in [0.1, 0.15) is 25.1 Å². The first-order valence-electron chi connectivity index (χ1n) is 6.69. The summed E-state index contributed by atoms with van der Waals surface area (Å²) in [6.07, 6.45) is -4.30. The van der Waals surface area contributed by atoms with E-state index in [0.29, 0.717) is 18.0 Å². The lowest BCUT2D eigenvalue weighted by Crippen LogP contribution is -2.19. The standard InChI is InChI=1S/C15H17F3N2S/c1-10(2)7-19-8-13-9-21-14(20-13)11-3-5-12(6-4-11)15(16,17)18/h3-6,9-10,19H,7-8H2,1-2H3. The molecule has 0 bridgehead atoms. The number of aromatic nitrogens is 1. The number of hydrogen-bond acceptors (Lipinski definition) is 3. The zero-order valence-electron chi connectivity index (χ0n) is 11.9. The monoisotopic (exact) mass is 314 g/mol. The molecule has 6 heteroatoms. The summed E-state index contributed by atoms with van der Waals surface area (Å²) in [4.78, 5) is 4.44. The molecular weight excluding hydrogens is 297 g/mol. The Bertz CT molecular complexity index is 573. The average molecular weight is 314 g/mol. The zero-order valence-corrected chi connectivity index (χ0v) is 12.7. The van der Waals surface area contributed by atoms with Crippen molar-refractivity contribution in [2.24, 2.45) is 5.92 Å². The molecule has 0 atom stereocenters. The first-order valence-corrected chi connectivity index (χ1v) is 7.57. The summed E-state index contributed by atoms with van der Waals surface area (Å²) in [5, 5.41) is 5.96. The first-order chi connectivity index (χ1) is 9.86. The number of nitrogens with zero attached hydrogens (tertiary/aromatic N) is 1. The van der Waals surface area contributed by atoms with Crippen LogP contribution in [0.4, 0.5) is 13.2 Å². The van der Waals surface area contributed by atoms with Gasteiger partial charge in [-0.25, -0.2) is 4.98 Å². The fourth-order valence-corrected chi connectivity index (χ4v) is 2.64. The van der Waals surface area contributed by atoms with Crippen molar-refractivity contribution in [3.8, 4) is 10.6 Å². The maximum Gasteiger partial charge on any atom is 0.416 e. The fourth-order valence-electron chi connectivity index (χ4n) is 1.81. The Morgan fingerprint density at radius 2 is 1.86 bits per heavy atom. The van der Waals surface area contributed by atoms with Gasteiger partial charge in [-0.2, -0.15) is 13.2 Å². The molecule has 0 saturated heterocycles. The van der Waals surface area contributed by atoms with E-state index in [-0.39, 0.29) is 0 Å². The quantitative estimate of drug-likeness (QED) is 0.874. The number of rotatable bonds is 5. The second-order valence-corrected chi connectivity index (χ2v) is 6.10. The molecule has 2 nitrogen and oxygen atoms in total. The van der Waals surface area contributed by atoms with Gasteiger partial charge in [0.05, 0.1) is 11.3 Å². The third kappa shape index (κ3) is 4.54. The molecule has 0 spiro atoms. The minimum atomic E-state index is -4.30. The highest BCUT2D eigenvalue weighted by atomic mass is 32.1. The molecule has 1 heterocycles. The highest BCUT2D eigenvalue weighted by Gasteiger charge is 2.30. The molecule has 0 fully saturated rings. The topological polar surface area (TPSA) is 24.9 Å². The van der Waals surface area contributed by atoms with Gasteiger partial charge in [-0.15, -0.1) is 11.3 Å². The molecule has 0 saturated carbocycles. The third-order valence-corrected chi connectivity index (χ3v) is 3.81. The average Bonchev–Trinajstić information content (AvgIpc) is 2.86. The minimum absolute atomic E-state index is 0.568. The van der Waals surface area contributed by atoms with E-state index in [2.05, 4.69) is 24.1 Å². The molecule has 0 radical (unpaired) electrons. The van der Waals surface area contributed by atoms with Crippen LogP contribution in [-0.2, 0) is 12.7 Å². The first kappa shape index (κ1) is 16.0. The van der Waals surface area contributed by atoms with E-state index in [1.807, 2.05) is 5.38 Å². The van der Waals surface area contributed by atoms with Crippen molar-refractivity contribution < 1.29 is 13.2 Å². The van der Waals surface area contributed by atoms with Crippen LogP contribution < -0.4 is 5.32 Å². The predicted octanol–water partition coefficient (Wildman–Crippen LogP) is 4.57. The number of hydrogen-bond donors (Lipinski definition) is 1. The number of nitrogens with one attached hydrogen (secondary N) is 1. The summed E-state index contributed by atoms with van der Waals surface area (Å²) in [6.45, 7) is 5.84. The molecule has 1 aromatic heterocycles.